The van der Waals surface area contributed by atoms with E-state index in [1.807, 2.05) is 133 Å². The van der Waals surface area contributed by atoms with E-state index >= 15 is 0 Å². The van der Waals surface area contributed by atoms with Crippen molar-refractivity contribution in [2.45, 2.75) is 21.3 Å². The summed E-state index contributed by atoms with van der Waals surface area (Å²) in [5.74, 6) is -1.18. The molecule has 0 radical (unpaired) electrons. The van der Waals surface area contributed by atoms with Crippen molar-refractivity contribution >= 4 is 75.7 Å². The van der Waals surface area contributed by atoms with E-state index in [0.717, 1.165) is 88.1 Å². The maximum absolute atomic E-state index is 14.1. The van der Waals surface area contributed by atoms with Crippen LogP contribution in [0.15, 0.2) is 133 Å². The predicted octanol–water partition coefficient (Wildman–Crippen LogP) is 12.9. The van der Waals surface area contributed by atoms with Gasteiger partial charge in [0.15, 0.2) is 0 Å². The van der Waals surface area contributed by atoms with Gasteiger partial charge in [0.2, 0.25) is 6.79 Å². The first kappa shape index (κ1) is 37.0. The standard InChI is InChI=1S/C43H32Br4O4/c44-23-28-7-15-32(16-8-28)36-3-1-4-37(33-17-9-29(24-45)10-18-33)40(36)42(48)50-27-51-43(49)41-38(34-19-11-30(25-46)12-20-34)5-2-6-39(41)35-21-13-31(26-47)14-22-35/h1-22H,23-27H2. The second-order valence-electron chi connectivity index (χ2n) is 11.8. The molecule has 6 rings (SSSR count). The summed E-state index contributed by atoms with van der Waals surface area (Å²) in [5.41, 5.74) is 11.7. The van der Waals surface area contributed by atoms with Gasteiger partial charge in [0.25, 0.3) is 0 Å². The van der Waals surface area contributed by atoms with Crippen LogP contribution >= 0.6 is 63.7 Å². The van der Waals surface area contributed by atoms with Crippen LogP contribution in [0.1, 0.15) is 43.0 Å². The number of rotatable bonds is 12. The number of benzene rings is 6. The molecule has 0 bridgehead atoms. The molecule has 0 aromatic heterocycles. The summed E-state index contributed by atoms with van der Waals surface area (Å²) in [5, 5.41) is 2.90. The molecule has 0 amide bonds. The lowest BCUT2D eigenvalue weighted by molar-refractivity contribution is -0.0165. The lowest BCUT2D eigenvalue weighted by Gasteiger charge is -2.17. The molecule has 4 nitrogen and oxygen atoms in total. The minimum atomic E-state index is -0.591. The van der Waals surface area contributed by atoms with Crippen LogP contribution in [-0.4, -0.2) is 18.7 Å². The van der Waals surface area contributed by atoms with Crippen molar-refractivity contribution in [2.75, 3.05) is 6.79 Å². The van der Waals surface area contributed by atoms with Gasteiger partial charge in [-0.3, -0.25) is 0 Å². The highest BCUT2D eigenvalue weighted by atomic mass is 79.9. The Morgan fingerprint density at radius 3 is 0.824 bits per heavy atom. The van der Waals surface area contributed by atoms with Gasteiger partial charge in [-0.05, 0) is 66.8 Å². The Balaban J connectivity index is 1.33. The molecular formula is C43H32Br4O4. The van der Waals surface area contributed by atoms with E-state index in [1.54, 1.807) is 0 Å². The second kappa shape index (κ2) is 17.6. The Morgan fingerprint density at radius 1 is 0.373 bits per heavy atom. The minimum absolute atomic E-state index is 0.395. The van der Waals surface area contributed by atoms with Crippen molar-refractivity contribution in [2.24, 2.45) is 0 Å². The summed E-state index contributed by atoms with van der Waals surface area (Å²) in [7, 11) is 0. The number of ether oxygens (including phenoxy) is 2. The first-order chi connectivity index (χ1) is 24.9. The molecule has 0 heterocycles. The highest BCUT2D eigenvalue weighted by Crippen LogP contribution is 2.36. The van der Waals surface area contributed by atoms with Crippen LogP contribution in [0, 0.1) is 0 Å². The second-order valence-corrected chi connectivity index (χ2v) is 14.0. The van der Waals surface area contributed by atoms with Crippen molar-refractivity contribution in [3.63, 3.8) is 0 Å². The van der Waals surface area contributed by atoms with Crippen molar-refractivity contribution in [3.05, 3.63) is 167 Å². The Morgan fingerprint density at radius 2 is 0.608 bits per heavy atom. The fraction of sp³-hybridized carbons (Fsp3) is 0.116. The van der Waals surface area contributed by atoms with Crippen LogP contribution in [-0.2, 0) is 30.8 Å². The highest BCUT2D eigenvalue weighted by Gasteiger charge is 2.23. The Labute approximate surface area is 331 Å². The fourth-order valence-corrected chi connectivity index (χ4v) is 7.38. The predicted molar refractivity (Wildman–Crippen MR) is 221 cm³/mol. The first-order valence-electron chi connectivity index (χ1n) is 16.2. The molecule has 0 atom stereocenters. The molecule has 0 unspecified atom stereocenters. The molecule has 0 aliphatic rings. The van der Waals surface area contributed by atoms with Gasteiger partial charge in [0.1, 0.15) is 0 Å². The van der Waals surface area contributed by atoms with Gasteiger partial charge in [-0.2, -0.15) is 0 Å². The van der Waals surface area contributed by atoms with Gasteiger partial charge in [-0.1, -0.05) is 197 Å². The number of esters is 2. The number of alkyl halides is 4. The molecule has 51 heavy (non-hydrogen) atoms. The average molecular weight is 932 g/mol. The van der Waals surface area contributed by atoms with Gasteiger partial charge in [0.05, 0.1) is 11.1 Å². The van der Waals surface area contributed by atoms with Gasteiger partial charge < -0.3 is 9.47 Å². The zero-order valence-corrected chi connectivity index (χ0v) is 33.7. The van der Waals surface area contributed by atoms with Crippen LogP contribution in [0.2, 0.25) is 0 Å². The average Bonchev–Trinajstić information content (AvgIpc) is 3.20. The van der Waals surface area contributed by atoms with Gasteiger partial charge >= 0.3 is 11.9 Å². The number of halogens is 4. The fourth-order valence-electron chi connectivity index (χ4n) is 5.88. The number of carbonyl (C=O) groups excluding carboxylic acids is 2. The largest absolute Gasteiger partial charge is 0.424 e. The van der Waals surface area contributed by atoms with Crippen molar-refractivity contribution in [3.8, 4) is 44.5 Å². The Bertz CT molecular complexity index is 1840. The van der Waals surface area contributed by atoms with Gasteiger partial charge in [-0.25, -0.2) is 9.59 Å². The molecule has 0 N–H and O–H groups in total. The van der Waals surface area contributed by atoms with E-state index in [-0.39, 0.29) is 0 Å². The van der Waals surface area contributed by atoms with Crippen LogP contribution in [0.25, 0.3) is 44.5 Å². The number of carbonyl (C=O) groups is 2. The monoisotopic (exact) mass is 928 g/mol. The molecule has 6 aromatic carbocycles. The molecule has 0 aliphatic carbocycles. The smallest absolute Gasteiger partial charge is 0.342 e. The lowest BCUT2D eigenvalue weighted by atomic mass is 9.91. The van der Waals surface area contributed by atoms with E-state index in [0.29, 0.717) is 11.1 Å². The third-order valence-corrected chi connectivity index (χ3v) is 11.2. The maximum atomic E-state index is 14.1. The van der Waals surface area contributed by atoms with Crippen LogP contribution < -0.4 is 0 Å². The minimum Gasteiger partial charge on any atom is -0.424 e. The molecule has 256 valence electrons. The summed E-state index contributed by atoms with van der Waals surface area (Å²) < 4.78 is 11.6. The topological polar surface area (TPSA) is 52.6 Å². The SMILES string of the molecule is O=C(OCOC(=O)c1c(-c2ccc(CBr)cc2)cccc1-c1ccc(CBr)cc1)c1c(-c2ccc(CBr)cc2)cccc1-c1ccc(CBr)cc1. The molecule has 8 heteroatoms. The normalized spacial score (nSPS) is 10.9. The zero-order valence-electron chi connectivity index (χ0n) is 27.4. The molecule has 0 saturated heterocycles. The summed E-state index contributed by atoms with van der Waals surface area (Å²) in [6.45, 7) is -0.560. The Kier molecular flexibility index (Phi) is 12.8. The molecule has 0 spiro atoms. The zero-order chi connectivity index (χ0) is 35.7. The first-order valence-corrected chi connectivity index (χ1v) is 20.6. The van der Waals surface area contributed by atoms with E-state index in [4.69, 9.17) is 9.47 Å². The van der Waals surface area contributed by atoms with Crippen LogP contribution in [0.5, 0.6) is 0 Å². The van der Waals surface area contributed by atoms with E-state index in [9.17, 15) is 9.59 Å². The van der Waals surface area contributed by atoms with Crippen molar-refractivity contribution in [1.29, 1.82) is 0 Å². The molecule has 6 aromatic rings. The quantitative estimate of drug-likeness (QED) is 0.0697. The summed E-state index contributed by atoms with van der Waals surface area (Å²) in [6.07, 6.45) is 0. The summed E-state index contributed by atoms with van der Waals surface area (Å²) in [4.78, 5) is 28.1. The van der Waals surface area contributed by atoms with Crippen molar-refractivity contribution in [1.82, 2.24) is 0 Å². The number of hydrogen-bond donors (Lipinski definition) is 0. The van der Waals surface area contributed by atoms with E-state index in [1.165, 1.54) is 0 Å². The number of hydrogen-bond acceptors (Lipinski definition) is 4. The van der Waals surface area contributed by atoms with E-state index in [2.05, 4.69) is 63.7 Å². The molecular weight excluding hydrogens is 900 g/mol. The third-order valence-electron chi connectivity index (χ3n) is 8.59. The third kappa shape index (κ3) is 8.63. The van der Waals surface area contributed by atoms with Crippen LogP contribution in [0.3, 0.4) is 0 Å². The Hall–Kier alpha value is -3.82. The highest BCUT2D eigenvalue weighted by molar-refractivity contribution is 9.09. The van der Waals surface area contributed by atoms with Crippen LogP contribution in [0.4, 0.5) is 0 Å². The van der Waals surface area contributed by atoms with Gasteiger partial charge in [-0.15, -0.1) is 0 Å². The molecule has 0 saturated carbocycles. The van der Waals surface area contributed by atoms with E-state index < -0.39 is 18.7 Å². The lowest BCUT2D eigenvalue weighted by Crippen LogP contribution is -2.16. The molecule has 0 aliphatic heterocycles. The van der Waals surface area contributed by atoms with Gasteiger partial charge in [0, 0.05) is 21.3 Å². The summed E-state index contributed by atoms with van der Waals surface area (Å²) >= 11 is 14.0. The maximum Gasteiger partial charge on any atom is 0.342 e. The van der Waals surface area contributed by atoms with Crippen molar-refractivity contribution < 1.29 is 19.1 Å². The molecule has 0 fully saturated rings. The summed E-state index contributed by atoms with van der Waals surface area (Å²) in [6, 6.07) is 43.6.